The Morgan fingerprint density at radius 3 is 2.35 bits per heavy atom. The lowest BCUT2D eigenvalue weighted by Gasteiger charge is -2.50. The SMILES string of the molecule is C#CC(C)N1CC(CC)(CC)NCC1C(C)C. The molecule has 0 saturated carbocycles. The van der Waals surface area contributed by atoms with Crippen molar-refractivity contribution in [2.45, 2.75) is 65.1 Å². The molecule has 0 aromatic rings. The van der Waals surface area contributed by atoms with Gasteiger partial charge in [-0.1, -0.05) is 33.6 Å². The van der Waals surface area contributed by atoms with Crippen LogP contribution in [0.15, 0.2) is 0 Å². The van der Waals surface area contributed by atoms with E-state index in [1.54, 1.807) is 0 Å². The number of terminal acetylenes is 1. The Morgan fingerprint density at radius 2 is 1.94 bits per heavy atom. The molecule has 1 N–H and O–H groups in total. The second kappa shape index (κ2) is 5.89. The first-order valence-corrected chi connectivity index (χ1v) is 6.96. The van der Waals surface area contributed by atoms with Gasteiger partial charge in [0, 0.05) is 24.7 Å². The lowest BCUT2D eigenvalue weighted by molar-refractivity contribution is 0.0378. The molecule has 0 amide bonds. The molecule has 1 rings (SSSR count). The fraction of sp³-hybridized carbons (Fsp3) is 0.867. The van der Waals surface area contributed by atoms with Crippen LogP contribution in [0.3, 0.4) is 0 Å². The van der Waals surface area contributed by atoms with E-state index in [2.05, 4.69) is 50.8 Å². The highest BCUT2D eigenvalue weighted by atomic mass is 15.3. The van der Waals surface area contributed by atoms with Gasteiger partial charge in [-0.2, -0.15) is 0 Å². The van der Waals surface area contributed by atoms with Crippen molar-refractivity contribution in [3.05, 3.63) is 0 Å². The second-order valence-corrected chi connectivity index (χ2v) is 5.69. The zero-order valence-electron chi connectivity index (χ0n) is 12.1. The van der Waals surface area contributed by atoms with Crippen molar-refractivity contribution in [2.75, 3.05) is 13.1 Å². The van der Waals surface area contributed by atoms with Gasteiger partial charge in [0.2, 0.25) is 0 Å². The van der Waals surface area contributed by atoms with Crippen LogP contribution < -0.4 is 5.32 Å². The first-order valence-electron chi connectivity index (χ1n) is 6.96. The number of nitrogens with one attached hydrogen (secondary N) is 1. The summed E-state index contributed by atoms with van der Waals surface area (Å²) in [6.45, 7) is 13.4. The maximum absolute atomic E-state index is 5.62. The Kier molecular flexibility index (Phi) is 5.04. The topological polar surface area (TPSA) is 15.3 Å². The van der Waals surface area contributed by atoms with E-state index in [1.165, 1.54) is 12.8 Å². The van der Waals surface area contributed by atoms with Crippen LogP contribution in [0.4, 0.5) is 0 Å². The lowest BCUT2D eigenvalue weighted by Crippen LogP contribution is -2.66. The minimum absolute atomic E-state index is 0.238. The highest BCUT2D eigenvalue weighted by Gasteiger charge is 2.39. The zero-order valence-corrected chi connectivity index (χ0v) is 12.1. The van der Waals surface area contributed by atoms with Gasteiger partial charge in [0.25, 0.3) is 0 Å². The van der Waals surface area contributed by atoms with Gasteiger partial charge in [0.05, 0.1) is 6.04 Å². The molecule has 17 heavy (non-hydrogen) atoms. The van der Waals surface area contributed by atoms with Crippen molar-refractivity contribution in [3.63, 3.8) is 0 Å². The summed E-state index contributed by atoms with van der Waals surface area (Å²) in [5, 5.41) is 3.76. The molecule has 1 fully saturated rings. The van der Waals surface area contributed by atoms with Gasteiger partial charge in [-0.25, -0.2) is 0 Å². The second-order valence-electron chi connectivity index (χ2n) is 5.69. The molecule has 1 saturated heterocycles. The van der Waals surface area contributed by atoms with Crippen molar-refractivity contribution in [2.24, 2.45) is 5.92 Å². The third-order valence-corrected chi connectivity index (χ3v) is 4.46. The maximum Gasteiger partial charge on any atom is 0.0686 e. The van der Waals surface area contributed by atoms with Crippen molar-refractivity contribution in [1.82, 2.24) is 10.2 Å². The highest BCUT2D eigenvalue weighted by molar-refractivity contribution is 5.05. The quantitative estimate of drug-likeness (QED) is 0.755. The molecule has 0 spiro atoms. The normalized spacial score (nSPS) is 26.8. The van der Waals surface area contributed by atoms with Crippen LogP contribution in [0, 0.1) is 18.3 Å². The monoisotopic (exact) mass is 236 g/mol. The summed E-state index contributed by atoms with van der Waals surface area (Å²) < 4.78 is 0. The Bertz CT molecular complexity index is 273. The third-order valence-electron chi connectivity index (χ3n) is 4.46. The Morgan fingerprint density at radius 1 is 1.35 bits per heavy atom. The number of nitrogens with zero attached hydrogens (tertiary/aromatic N) is 1. The number of rotatable bonds is 4. The van der Waals surface area contributed by atoms with Crippen LogP contribution in [0.1, 0.15) is 47.5 Å². The maximum atomic E-state index is 5.62. The molecule has 0 aliphatic carbocycles. The molecule has 0 aromatic heterocycles. The molecule has 2 heteroatoms. The molecule has 0 bridgehead atoms. The van der Waals surface area contributed by atoms with E-state index in [0.29, 0.717) is 12.0 Å². The van der Waals surface area contributed by atoms with Gasteiger partial charge < -0.3 is 5.32 Å². The molecule has 2 atom stereocenters. The van der Waals surface area contributed by atoms with Gasteiger partial charge in [-0.05, 0) is 25.7 Å². The standard InChI is InChI=1S/C15H28N2/c1-7-13(6)17-11-15(8-2,9-3)16-10-14(17)12(4)5/h1,12-14,16H,8-11H2,2-6H3. The van der Waals surface area contributed by atoms with E-state index in [1.807, 2.05) is 0 Å². The average molecular weight is 236 g/mol. The first-order chi connectivity index (χ1) is 7.99. The van der Waals surface area contributed by atoms with Crippen molar-refractivity contribution in [1.29, 1.82) is 0 Å². The Balaban J connectivity index is 2.87. The van der Waals surface area contributed by atoms with Gasteiger partial charge in [0.15, 0.2) is 0 Å². The highest BCUT2D eigenvalue weighted by Crippen LogP contribution is 2.26. The predicted octanol–water partition coefficient (Wildman–Crippen LogP) is 2.50. The molecular weight excluding hydrogens is 208 g/mol. The van der Waals surface area contributed by atoms with Crippen LogP contribution in [0.25, 0.3) is 0 Å². The fourth-order valence-corrected chi connectivity index (χ4v) is 2.82. The number of piperazine rings is 1. The van der Waals surface area contributed by atoms with E-state index in [0.717, 1.165) is 13.1 Å². The lowest BCUT2D eigenvalue weighted by atomic mass is 9.85. The van der Waals surface area contributed by atoms with E-state index in [4.69, 9.17) is 6.42 Å². The summed E-state index contributed by atoms with van der Waals surface area (Å²) in [5.74, 6) is 3.55. The summed E-state index contributed by atoms with van der Waals surface area (Å²) in [5.41, 5.74) is 0.260. The van der Waals surface area contributed by atoms with Crippen molar-refractivity contribution >= 4 is 0 Å². The average Bonchev–Trinajstić information content (AvgIpc) is 2.36. The first kappa shape index (κ1) is 14.5. The minimum Gasteiger partial charge on any atom is -0.308 e. The summed E-state index contributed by atoms with van der Waals surface area (Å²) in [7, 11) is 0. The van der Waals surface area contributed by atoms with Crippen molar-refractivity contribution < 1.29 is 0 Å². The minimum atomic E-state index is 0.238. The largest absolute Gasteiger partial charge is 0.308 e. The number of hydrogen-bond acceptors (Lipinski definition) is 2. The Labute approximate surface area is 107 Å². The van der Waals surface area contributed by atoms with E-state index < -0.39 is 0 Å². The molecule has 1 aliphatic heterocycles. The Hall–Kier alpha value is -0.520. The van der Waals surface area contributed by atoms with E-state index in [-0.39, 0.29) is 11.6 Å². The van der Waals surface area contributed by atoms with E-state index in [9.17, 15) is 0 Å². The van der Waals surface area contributed by atoms with Crippen molar-refractivity contribution in [3.8, 4) is 12.3 Å². The molecule has 0 aromatic carbocycles. The molecule has 2 unspecified atom stereocenters. The molecule has 1 heterocycles. The molecule has 98 valence electrons. The van der Waals surface area contributed by atoms with E-state index >= 15 is 0 Å². The van der Waals surface area contributed by atoms with Gasteiger partial charge in [-0.3, -0.25) is 4.90 Å². The van der Waals surface area contributed by atoms with Gasteiger partial charge >= 0.3 is 0 Å². The fourth-order valence-electron chi connectivity index (χ4n) is 2.82. The summed E-state index contributed by atoms with van der Waals surface area (Å²) in [4.78, 5) is 2.52. The van der Waals surface area contributed by atoms with Crippen LogP contribution in [-0.2, 0) is 0 Å². The third kappa shape index (κ3) is 3.03. The zero-order chi connectivity index (χ0) is 13.1. The van der Waals surface area contributed by atoms with Gasteiger partial charge in [0.1, 0.15) is 0 Å². The van der Waals surface area contributed by atoms with Gasteiger partial charge in [-0.15, -0.1) is 6.42 Å². The smallest absolute Gasteiger partial charge is 0.0686 e. The molecule has 2 nitrogen and oxygen atoms in total. The number of hydrogen-bond donors (Lipinski definition) is 1. The van der Waals surface area contributed by atoms with Crippen LogP contribution in [0.5, 0.6) is 0 Å². The summed E-state index contributed by atoms with van der Waals surface area (Å²) in [6, 6.07) is 0.800. The van der Waals surface area contributed by atoms with Crippen LogP contribution >= 0.6 is 0 Å². The predicted molar refractivity (Wildman–Crippen MR) is 74.9 cm³/mol. The molecule has 1 aliphatic rings. The van der Waals surface area contributed by atoms with Crippen LogP contribution in [-0.4, -0.2) is 35.6 Å². The summed E-state index contributed by atoms with van der Waals surface area (Å²) >= 11 is 0. The summed E-state index contributed by atoms with van der Waals surface area (Å²) in [6.07, 6.45) is 7.96. The molecular formula is C15H28N2. The van der Waals surface area contributed by atoms with Crippen LogP contribution in [0.2, 0.25) is 0 Å². The molecule has 0 radical (unpaired) electrons.